The van der Waals surface area contributed by atoms with E-state index in [0.29, 0.717) is 17.4 Å². The second-order valence-electron chi connectivity index (χ2n) is 9.49. The maximum Gasteiger partial charge on any atom is 0.291 e. The van der Waals surface area contributed by atoms with E-state index in [4.69, 9.17) is 4.42 Å². The third kappa shape index (κ3) is 5.74. The number of benzene rings is 2. The molecule has 8 nitrogen and oxygen atoms in total. The molecule has 190 valence electrons. The molecule has 0 atom stereocenters. The molecule has 4 aromatic rings. The summed E-state index contributed by atoms with van der Waals surface area (Å²) in [5, 5.41) is 7.44. The quantitative estimate of drug-likeness (QED) is 0.402. The summed E-state index contributed by atoms with van der Waals surface area (Å²) in [6, 6.07) is 24.7. The lowest BCUT2D eigenvalue weighted by atomic mass is 10.0. The zero-order valence-corrected chi connectivity index (χ0v) is 21.1. The molecule has 1 fully saturated rings. The Morgan fingerprint density at radius 3 is 2.30 bits per heavy atom. The predicted molar refractivity (Wildman–Crippen MR) is 146 cm³/mol. The molecule has 3 heterocycles. The van der Waals surface area contributed by atoms with Crippen LogP contribution in [0.5, 0.6) is 0 Å². The lowest BCUT2D eigenvalue weighted by molar-refractivity contribution is 0.0994. The van der Waals surface area contributed by atoms with Crippen LogP contribution in [-0.4, -0.2) is 41.9 Å². The van der Waals surface area contributed by atoms with E-state index in [1.54, 1.807) is 18.2 Å². The van der Waals surface area contributed by atoms with Crippen LogP contribution in [0.4, 0.5) is 17.2 Å². The second kappa shape index (κ2) is 10.7. The first-order chi connectivity index (χ1) is 18.0. The van der Waals surface area contributed by atoms with Crippen molar-refractivity contribution in [3.05, 3.63) is 106 Å². The van der Waals surface area contributed by atoms with Gasteiger partial charge >= 0.3 is 0 Å². The number of nitrogens with one attached hydrogen (secondary N) is 1. The normalized spacial score (nSPS) is 13.7. The number of carbonyl (C=O) groups excluding carboxylic acids is 1. The summed E-state index contributed by atoms with van der Waals surface area (Å²) in [7, 11) is 0. The fourth-order valence-electron chi connectivity index (χ4n) is 4.43. The van der Waals surface area contributed by atoms with Crippen molar-refractivity contribution in [2.75, 3.05) is 41.3 Å². The highest BCUT2D eigenvalue weighted by Crippen LogP contribution is 2.20. The van der Waals surface area contributed by atoms with Crippen molar-refractivity contribution in [3.63, 3.8) is 0 Å². The van der Waals surface area contributed by atoms with Crippen molar-refractivity contribution in [1.29, 1.82) is 0 Å². The summed E-state index contributed by atoms with van der Waals surface area (Å²) < 4.78 is 7.13. The number of hydrogen-bond donors (Lipinski definition) is 1. The molecule has 1 amide bonds. The number of amides is 1. The number of aromatic nitrogens is 2. The molecule has 0 unspecified atom stereocenters. The van der Waals surface area contributed by atoms with Gasteiger partial charge in [0.05, 0.1) is 0 Å². The molecule has 2 aromatic heterocycles. The van der Waals surface area contributed by atoms with Crippen molar-refractivity contribution in [2.24, 2.45) is 0 Å². The first kappa shape index (κ1) is 24.4. The highest BCUT2D eigenvalue weighted by molar-refractivity contribution is 6.02. The lowest BCUT2D eigenvalue weighted by Gasteiger charge is -2.36. The molecule has 0 bridgehead atoms. The third-order valence-electron chi connectivity index (χ3n) is 6.60. The Morgan fingerprint density at radius 1 is 0.892 bits per heavy atom. The van der Waals surface area contributed by atoms with Crippen LogP contribution in [0.1, 0.15) is 41.6 Å². The standard InChI is InChI=1S/C29H31N5O3/c1-21(2)22-8-10-23(11-9-22)30-29(36)26-13-12-25(37-26)20-34-28(35)15-14-27(31-34)33-18-16-32(17-19-33)24-6-4-3-5-7-24/h3-15,21H,16-20H2,1-2H3,(H,30,36). The summed E-state index contributed by atoms with van der Waals surface area (Å²) in [5.74, 6) is 1.51. The van der Waals surface area contributed by atoms with E-state index in [0.717, 1.165) is 32.0 Å². The van der Waals surface area contributed by atoms with E-state index in [1.165, 1.54) is 22.0 Å². The first-order valence-corrected chi connectivity index (χ1v) is 12.6. The largest absolute Gasteiger partial charge is 0.454 e. The van der Waals surface area contributed by atoms with Crippen molar-refractivity contribution >= 4 is 23.1 Å². The summed E-state index contributed by atoms with van der Waals surface area (Å²) in [6.07, 6.45) is 0. The highest BCUT2D eigenvalue weighted by atomic mass is 16.4. The zero-order chi connectivity index (χ0) is 25.8. The number of nitrogens with zero attached hydrogens (tertiary/aromatic N) is 4. The van der Waals surface area contributed by atoms with Gasteiger partial charge in [-0.15, -0.1) is 0 Å². The van der Waals surface area contributed by atoms with Crippen LogP contribution < -0.4 is 20.7 Å². The van der Waals surface area contributed by atoms with Crippen LogP contribution in [0.15, 0.2) is 88.1 Å². The van der Waals surface area contributed by atoms with Gasteiger partial charge in [0.15, 0.2) is 5.76 Å². The number of furan rings is 1. The van der Waals surface area contributed by atoms with Gasteiger partial charge in [0.25, 0.3) is 11.5 Å². The Hall–Kier alpha value is -4.33. The molecular weight excluding hydrogens is 466 g/mol. The average molecular weight is 498 g/mol. The van der Waals surface area contributed by atoms with E-state index in [-0.39, 0.29) is 23.8 Å². The number of hydrogen-bond acceptors (Lipinski definition) is 6. The van der Waals surface area contributed by atoms with Crippen LogP contribution in [0.3, 0.4) is 0 Å². The average Bonchev–Trinajstić information content (AvgIpc) is 3.40. The molecule has 0 spiro atoms. The van der Waals surface area contributed by atoms with E-state index < -0.39 is 0 Å². The molecule has 0 aliphatic carbocycles. The van der Waals surface area contributed by atoms with E-state index in [9.17, 15) is 9.59 Å². The first-order valence-electron chi connectivity index (χ1n) is 12.6. The molecule has 1 N–H and O–H groups in total. The van der Waals surface area contributed by atoms with Crippen LogP contribution in [0, 0.1) is 0 Å². The van der Waals surface area contributed by atoms with Gasteiger partial charge in [-0.2, -0.15) is 5.10 Å². The molecule has 1 saturated heterocycles. The summed E-state index contributed by atoms with van der Waals surface area (Å²) in [6.45, 7) is 7.77. The topological polar surface area (TPSA) is 83.6 Å². The molecule has 5 rings (SSSR count). The third-order valence-corrected chi connectivity index (χ3v) is 6.60. The minimum absolute atomic E-state index is 0.146. The maximum atomic E-state index is 12.7. The summed E-state index contributed by atoms with van der Waals surface area (Å²) >= 11 is 0. The van der Waals surface area contributed by atoms with E-state index in [2.05, 4.69) is 46.2 Å². The van der Waals surface area contributed by atoms with E-state index >= 15 is 0 Å². The smallest absolute Gasteiger partial charge is 0.291 e. The van der Waals surface area contributed by atoms with Gasteiger partial charge in [-0.25, -0.2) is 4.68 Å². The number of piperazine rings is 1. The van der Waals surface area contributed by atoms with Crippen LogP contribution in [0.25, 0.3) is 0 Å². The molecule has 2 aromatic carbocycles. The molecule has 0 radical (unpaired) electrons. The van der Waals surface area contributed by atoms with Gasteiger partial charge in [-0.05, 0) is 53.9 Å². The van der Waals surface area contributed by atoms with Crippen molar-refractivity contribution in [2.45, 2.75) is 26.3 Å². The number of carbonyl (C=O) groups is 1. The Labute approximate surface area is 216 Å². The fraction of sp³-hybridized carbons (Fsp3) is 0.276. The predicted octanol–water partition coefficient (Wildman–Crippen LogP) is 4.59. The lowest BCUT2D eigenvalue weighted by Crippen LogP contribution is -2.47. The molecule has 8 heteroatoms. The van der Waals surface area contributed by atoms with Gasteiger partial charge in [-0.3, -0.25) is 9.59 Å². The number of rotatable bonds is 7. The Kier molecular flexibility index (Phi) is 7.07. The minimum atomic E-state index is -0.339. The zero-order valence-electron chi connectivity index (χ0n) is 21.1. The highest BCUT2D eigenvalue weighted by Gasteiger charge is 2.19. The van der Waals surface area contributed by atoms with E-state index in [1.807, 2.05) is 42.5 Å². The van der Waals surface area contributed by atoms with Crippen LogP contribution >= 0.6 is 0 Å². The maximum absolute atomic E-state index is 12.7. The number of anilines is 3. The van der Waals surface area contributed by atoms with Crippen molar-refractivity contribution in [1.82, 2.24) is 9.78 Å². The Balaban J connectivity index is 1.22. The molecule has 1 aliphatic rings. The van der Waals surface area contributed by atoms with Crippen LogP contribution in [-0.2, 0) is 6.54 Å². The van der Waals surface area contributed by atoms with Crippen LogP contribution in [0.2, 0.25) is 0 Å². The van der Waals surface area contributed by atoms with Gasteiger partial charge in [0.2, 0.25) is 0 Å². The van der Waals surface area contributed by atoms with Gasteiger partial charge in [0.1, 0.15) is 18.1 Å². The van der Waals surface area contributed by atoms with Crippen molar-refractivity contribution < 1.29 is 9.21 Å². The Morgan fingerprint density at radius 2 is 1.59 bits per heavy atom. The fourth-order valence-corrected chi connectivity index (χ4v) is 4.43. The molecule has 0 saturated carbocycles. The number of para-hydroxylation sites is 1. The summed E-state index contributed by atoms with van der Waals surface area (Å²) in [4.78, 5) is 29.7. The minimum Gasteiger partial charge on any atom is -0.454 e. The molecule has 37 heavy (non-hydrogen) atoms. The second-order valence-corrected chi connectivity index (χ2v) is 9.49. The Bertz CT molecular complexity index is 1400. The van der Waals surface area contributed by atoms with Gasteiger partial charge in [0, 0.05) is 43.6 Å². The van der Waals surface area contributed by atoms with Crippen molar-refractivity contribution in [3.8, 4) is 0 Å². The molecular formula is C29H31N5O3. The summed E-state index contributed by atoms with van der Waals surface area (Å²) in [5.41, 5.74) is 2.89. The molecule has 1 aliphatic heterocycles. The SMILES string of the molecule is CC(C)c1ccc(NC(=O)c2ccc(Cn3nc(N4CCN(c5ccccc5)CC4)ccc3=O)o2)cc1. The van der Waals surface area contributed by atoms with Gasteiger partial charge < -0.3 is 19.5 Å². The monoisotopic (exact) mass is 497 g/mol. The van der Waals surface area contributed by atoms with Gasteiger partial charge in [-0.1, -0.05) is 44.2 Å².